The van der Waals surface area contributed by atoms with Crippen molar-refractivity contribution in [3.63, 3.8) is 0 Å². The number of rotatable bonds is 7. The first kappa shape index (κ1) is 18.2. The third-order valence-electron chi connectivity index (χ3n) is 3.77. The molecule has 21 heavy (non-hydrogen) atoms. The summed E-state index contributed by atoms with van der Waals surface area (Å²) >= 11 is 0. The first-order valence-corrected chi connectivity index (χ1v) is 8.18. The fourth-order valence-electron chi connectivity index (χ4n) is 2.69. The van der Waals surface area contributed by atoms with Crippen molar-refractivity contribution in [2.75, 3.05) is 26.2 Å². The zero-order valence-corrected chi connectivity index (χ0v) is 14.0. The molecule has 0 aromatic heterocycles. The number of hydrogen-bond donors (Lipinski definition) is 2. The Labute approximate surface area is 129 Å². The van der Waals surface area contributed by atoms with Gasteiger partial charge in [-0.3, -0.25) is 0 Å². The minimum absolute atomic E-state index is 0.215. The van der Waals surface area contributed by atoms with E-state index < -0.39 is 5.60 Å². The first-order chi connectivity index (χ1) is 9.85. The van der Waals surface area contributed by atoms with Crippen molar-refractivity contribution < 1.29 is 14.6 Å². The Balaban J connectivity index is 2.32. The van der Waals surface area contributed by atoms with Gasteiger partial charge in [0.05, 0.1) is 0 Å². The van der Waals surface area contributed by atoms with Gasteiger partial charge in [-0.05, 0) is 52.5 Å². The van der Waals surface area contributed by atoms with Crippen molar-refractivity contribution >= 4 is 6.09 Å². The van der Waals surface area contributed by atoms with Gasteiger partial charge in [-0.15, -0.1) is 0 Å². The second-order valence-electron chi connectivity index (χ2n) is 6.99. The fourth-order valence-corrected chi connectivity index (χ4v) is 2.69. The summed E-state index contributed by atoms with van der Waals surface area (Å²) in [5, 5.41) is 12.6. The summed E-state index contributed by atoms with van der Waals surface area (Å²) in [6.07, 6.45) is 3.88. The minimum Gasteiger partial charge on any atom is -0.444 e. The molecule has 1 fully saturated rings. The van der Waals surface area contributed by atoms with E-state index in [1.807, 2.05) is 20.8 Å². The lowest BCUT2D eigenvalue weighted by molar-refractivity contribution is 0.0291. The second-order valence-corrected chi connectivity index (χ2v) is 6.99. The Hall–Kier alpha value is -0.810. The molecule has 1 aliphatic heterocycles. The zero-order chi connectivity index (χ0) is 15.9. The SMILES string of the molecule is CCCC(CCO)CNC1CCN(C(=O)OC(C)(C)C)C1. The molecule has 0 bridgehead atoms. The van der Waals surface area contributed by atoms with Gasteiger partial charge in [-0.2, -0.15) is 0 Å². The van der Waals surface area contributed by atoms with Crippen LogP contribution in [0.25, 0.3) is 0 Å². The van der Waals surface area contributed by atoms with E-state index in [2.05, 4.69) is 12.2 Å². The molecule has 2 atom stereocenters. The Morgan fingerprint density at radius 2 is 2.14 bits per heavy atom. The smallest absolute Gasteiger partial charge is 0.410 e. The highest BCUT2D eigenvalue weighted by Gasteiger charge is 2.29. The van der Waals surface area contributed by atoms with Gasteiger partial charge in [0.15, 0.2) is 0 Å². The van der Waals surface area contributed by atoms with E-state index in [0.29, 0.717) is 18.5 Å². The average molecular weight is 300 g/mol. The highest BCUT2D eigenvalue weighted by molar-refractivity contribution is 5.68. The lowest BCUT2D eigenvalue weighted by atomic mass is 10.00. The first-order valence-electron chi connectivity index (χ1n) is 8.18. The minimum atomic E-state index is -0.435. The summed E-state index contributed by atoms with van der Waals surface area (Å²) in [7, 11) is 0. The summed E-state index contributed by atoms with van der Waals surface area (Å²) in [6, 6.07) is 0.343. The van der Waals surface area contributed by atoms with Crippen LogP contribution in [0.15, 0.2) is 0 Å². The molecular formula is C16H32N2O3. The second kappa shape index (κ2) is 8.59. The van der Waals surface area contributed by atoms with Gasteiger partial charge in [0.2, 0.25) is 0 Å². The van der Waals surface area contributed by atoms with Crippen LogP contribution in [0.4, 0.5) is 4.79 Å². The van der Waals surface area contributed by atoms with Crippen molar-refractivity contribution in [2.45, 2.75) is 65.0 Å². The molecule has 0 aliphatic carbocycles. The molecule has 0 radical (unpaired) electrons. The van der Waals surface area contributed by atoms with Crippen molar-refractivity contribution in [3.8, 4) is 0 Å². The van der Waals surface area contributed by atoms with Crippen LogP contribution in [0.2, 0.25) is 0 Å². The Kier molecular flexibility index (Phi) is 7.46. The molecule has 2 unspecified atom stereocenters. The van der Waals surface area contributed by atoms with Crippen LogP contribution in [-0.4, -0.2) is 54.0 Å². The highest BCUT2D eigenvalue weighted by Crippen LogP contribution is 2.16. The lowest BCUT2D eigenvalue weighted by Crippen LogP contribution is -2.39. The molecule has 124 valence electrons. The Morgan fingerprint density at radius 3 is 2.71 bits per heavy atom. The van der Waals surface area contributed by atoms with E-state index in [0.717, 1.165) is 38.8 Å². The maximum atomic E-state index is 12.0. The van der Waals surface area contributed by atoms with E-state index in [9.17, 15) is 4.79 Å². The largest absolute Gasteiger partial charge is 0.444 e. The van der Waals surface area contributed by atoms with Crippen molar-refractivity contribution in [3.05, 3.63) is 0 Å². The molecule has 1 heterocycles. The number of nitrogens with zero attached hydrogens (tertiary/aromatic N) is 1. The molecule has 5 nitrogen and oxygen atoms in total. The maximum absolute atomic E-state index is 12.0. The molecular weight excluding hydrogens is 268 g/mol. The van der Waals surface area contributed by atoms with Crippen molar-refractivity contribution in [1.82, 2.24) is 10.2 Å². The third kappa shape index (κ3) is 7.14. The number of aliphatic hydroxyl groups is 1. The number of carbonyl (C=O) groups excluding carboxylic acids is 1. The van der Waals surface area contributed by atoms with Crippen LogP contribution in [0.3, 0.4) is 0 Å². The van der Waals surface area contributed by atoms with Crippen molar-refractivity contribution in [1.29, 1.82) is 0 Å². The zero-order valence-electron chi connectivity index (χ0n) is 14.0. The Morgan fingerprint density at radius 1 is 1.43 bits per heavy atom. The number of aliphatic hydroxyl groups excluding tert-OH is 1. The predicted octanol–water partition coefficient (Wildman–Crippen LogP) is 2.38. The molecule has 1 saturated heterocycles. The van der Waals surface area contributed by atoms with Gasteiger partial charge in [-0.1, -0.05) is 13.3 Å². The van der Waals surface area contributed by atoms with Crippen molar-refractivity contribution in [2.24, 2.45) is 5.92 Å². The number of ether oxygens (including phenoxy) is 1. The summed E-state index contributed by atoms with van der Waals surface area (Å²) in [6.45, 7) is 10.5. The molecule has 0 saturated carbocycles. The van der Waals surface area contributed by atoms with E-state index in [4.69, 9.17) is 9.84 Å². The Bertz CT molecular complexity index is 309. The topological polar surface area (TPSA) is 61.8 Å². The van der Waals surface area contributed by atoms with Gasteiger partial charge in [0.1, 0.15) is 5.60 Å². The number of hydrogen-bond acceptors (Lipinski definition) is 4. The summed E-state index contributed by atoms with van der Waals surface area (Å²) in [5.74, 6) is 0.524. The van der Waals surface area contributed by atoms with E-state index in [1.165, 1.54) is 0 Å². The molecule has 2 N–H and O–H groups in total. The summed E-state index contributed by atoms with van der Waals surface area (Å²) in [4.78, 5) is 13.8. The normalized spacial score (nSPS) is 20.6. The van der Waals surface area contributed by atoms with E-state index in [-0.39, 0.29) is 12.7 Å². The summed E-state index contributed by atoms with van der Waals surface area (Å²) in [5.41, 5.74) is -0.435. The van der Waals surface area contributed by atoms with Crippen LogP contribution in [0, 0.1) is 5.92 Å². The average Bonchev–Trinajstić information content (AvgIpc) is 2.83. The number of carbonyl (C=O) groups is 1. The van der Waals surface area contributed by atoms with Crippen LogP contribution in [0.1, 0.15) is 53.4 Å². The number of amides is 1. The third-order valence-corrected chi connectivity index (χ3v) is 3.77. The van der Waals surface area contributed by atoms with Gasteiger partial charge in [-0.25, -0.2) is 4.79 Å². The molecule has 0 aromatic rings. The molecule has 0 aromatic carbocycles. The van der Waals surface area contributed by atoms with E-state index in [1.54, 1.807) is 4.90 Å². The van der Waals surface area contributed by atoms with Gasteiger partial charge < -0.3 is 20.1 Å². The van der Waals surface area contributed by atoms with Gasteiger partial charge >= 0.3 is 6.09 Å². The molecule has 0 spiro atoms. The fraction of sp³-hybridized carbons (Fsp3) is 0.938. The predicted molar refractivity (Wildman–Crippen MR) is 84.3 cm³/mol. The van der Waals surface area contributed by atoms with Crippen LogP contribution in [-0.2, 0) is 4.74 Å². The number of nitrogens with one attached hydrogen (secondary N) is 1. The lowest BCUT2D eigenvalue weighted by Gasteiger charge is -2.24. The summed E-state index contributed by atoms with van der Waals surface area (Å²) < 4.78 is 5.40. The molecule has 5 heteroatoms. The maximum Gasteiger partial charge on any atom is 0.410 e. The van der Waals surface area contributed by atoms with E-state index >= 15 is 0 Å². The number of likely N-dealkylation sites (tertiary alicyclic amines) is 1. The molecule has 1 aliphatic rings. The standard InChI is InChI=1S/C16H32N2O3/c1-5-6-13(8-10-19)11-17-14-7-9-18(12-14)15(20)21-16(2,3)4/h13-14,17,19H,5-12H2,1-4H3. The van der Waals surface area contributed by atoms with Crippen LogP contribution < -0.4 is 5.32 Å². The van der Waals surface area contributed by atoms with Crippen LogP contribution >= 0.6 is 0 Å². The molecule has 1 amide bonds. The quantitative estimate of drug-likeness (QED) is 0.758. The highest BCUT2D eigenvalue weighted by atomic mass is 16.6. The van der Waals surface area contributed by atoms with Gasteiger partial charge in [0.25, 0.3) is 0 Å². The van der Waals surface area contributed by atoms with Crippen LogP contribution in [0.5, 0.6) is 0 Å². The van der Waals surface area contributed by atoms with Gasteiger partial charge in [0, 0.05) is 25.7 Å². The molecule has 1 rings (SSSR count). The monoisotopic (exact) mass is 300 g/mol.